The van der Waals surface area contributed by atoms with E-state index in [0.29, 0.717) is 29.3 Å². The van der Waals surface area contributed by atoms with Gasteiger partial charge in [0.25, 0.3) is 5.91 Å². The third-order valence-corrected chi connectivity index (χ3v) is 8.01. The Morgan fingerprint density at radius 1 is 1.11 bits per heavy atom. The van der Waals surface area contributed by atoms with Gasteiger partial charge in [-0.15, -0.1) is 11.3 Å². The van der Waals surface area contributed by atoms with Crippen LogP contribution in [0.3, 0.4) is 0 Å². The SMILES string of the molecule is CCOC(=O)C1CCN(Cc2cccc(C(=O)Nc3sc4c(c3C(=O)OC(C)(C)C)CCCC4)c2)CC1. The fourth-order valence-electron chi connectivity index (χ4n) is 5.03. The number of esters is 2. The summed E-state index contributed by atoms with van der Waals surface area (Å²) in [5.41, 5.74) is 2.53. The number of aryl methyl sites for hydroxylation is 1. The molecular formula is C29H38N2O5S. The van der Waals surface area contributed by atoms with Crippen LogP contribution in [-0.4, -0.2) is 48.0 Å². The van der Waals surface area contributed by atoms with Crippen molar-refractivity contribution in [2.24, 2.45) is 5.92 Å². The molecule has 1 aliphatic heterocycles. The van der Waals surface area contributed by atoms with E-state index in [4.69, 9.17) is 9.47 Å². The lowest BCUT2D eigenvalue weighted by Gasteiger charge is -2.30. The first-order chi connectivity index (χ1) is 17.6. The molecule has 2 aliphatic rings. The summed E-state index contributed by atoms with van der Waals surface area (Å²) in [6, 6.07) is 7.62. The van der Waals surface area contributed by atoms with Gasteiger partial charge < -0.3 is 14.8 Å². The number of rotatable bonds is 7. The van der Waals surface area contributed by atoms with Crippen LogP contribution < -0.4 is 5.32 Å². The minimum Gasteiger partial charge on any atom is -0.466 e. The molecule has 1 aromatic heterocycles. The normalized spacial score (nSPS) is 16.6. The Kier molecular flexibility index (Phi) is 8.70. The summed E-state index contributed by atoms with van der Waals surface area (Å²) in [6.45, 7) is 10.2. The molecule has 200 valence electrons. The highest BCUT2D eigenvalue weighted by atomic mass is 32.1. The number of thiophene rings is 1. The van der Waals surface area contributed by atoms with Gasteiger partial charge in [-0.25, -0.2) is 4.79 Å². The van der Waals surface area contributed by atoms with Gasteiger partial charge >= 0.3 is 11.9 Å². The molecule has 4 rings (SSSR count). The van der Waals surface area contributed by atoms with E-state index in [-0.39, 0.29) is 23.8 Å². The van der Waals surface area contributed by atoms with Crippen molar-refractivity contribution in [3.05, 3.63) is 51.4 Å². The molecule has 37 heavy (non-hydrogen) atoms. The number of nitrogens with zero attached hydrogens (tertiary/aromatic N) is 1. The van der Waals surface area contributed by atoms with E-state index in [1.807, 2.05) is 45.9 Å². The average Bonchev–Trinajstić information content (AvgIpc) is 3.21. The summed E-state index contributed by atoms with van der Waals surface area (Å²) < 4.78 is 10.9. The first-order valence-corrected chi connectivity index (χ1v) is 14.1. The van der Waals surface area contributed by atoms with Crippen molar-refractivity contribution in [1.82, 2.24) is 4.90 Å². The van der Waals surface area contributed by atoms with Crippen molar-refractivity contribution in [2.75, 3.05) is 25.0 Å². The third-order valence-electron chi connectivity index (χ3n) is 6.80. The van der Waals surface area contributed by atoms with Crippen LogP contribution in [0.25, 0.3) is 0 Å². The van der Waals surface area contributed by atoms with Gasteiger partial charge in [-0.1, -0.05) is 12.1 Å². The predicted octanol–water partition coefficient (Wildman–Crippen LogP) is 5.61. The average molecular weight is 527 g/mol. The van der Waals surface area contributed by atoms with Gasteiger partial charge in [0.1, 0.15) is 10.6 Å². The van der Waals surface area contributed by atoms with Crippen LogP contribution in [0.1, 0.15) is 90.1 Å². The van der Waals surface area contributed by atoms with Crippen molar-refractivity contribution in [1.29, 1.82) is 0 Å². The van der Waals surface area contributed by atoms with Crippen LogP contribution in [0.2, 0.25) is 0 Å². The Labute approximate surface area is 223 Å². The summed E-state index contributed by atoms with van der Waals surface area (Å²) in [7, 11) is 0. The lowest BCUT2D eigenvalue weighted by atomic mass is 9.95. The Bertz CT molecular complexity index is 1140. The smallest absolute Gasteiger partial charge is 0.341 e. The van der Waals surface area contributed by atoms with Crippen molar-refractivity contribution < 1.29 is 23.9 Å². The van der Waals surface area contributed by atoms with Gasteiger partial charge in [0.05, 0.1) is 18.1 Å². The number of carbonyl (C=O) groups excluding carboxylic acids is 3. The van der Waals surface area contributed by atoms with Gasteiger partial charge in [-0.2, -0.15) is 0 Å². The minimum absolute atomic E-state index is 0.0240. The number of hydrogen-bond acceptors (Lipinski definition) is 7. The largest absolute Gasteiger partial charge is 0.466 e. The van der Waals surface area contributed by atoms with Gasteiger partial charge in [0.2, 0.25) is 0 Å². The highest BCUT2D eigenvalue weighted by Crippen LogP contribution is 2.39. The summed E-state index contributed by atoms with van der Waals surface area (Å²) in [5, 5.41) is 3.61. The molecule has 1 N–H and O–H groups in total. The number of ether oxygens (including phenoxy) is 2. The number of carbonyl (C=O) groups is 3. The zero-order valence-electron chi connectivity index (χ0n) is 22.4. The number of amides is 1. The van der Waals surface area contributed by atoms with E-state index < -0.39 is 5.60 Å². The van der Waals surface area contributed by atoms with Crippen LogP contribution in [0.4, 0.5) is 5.00 Å². The van der Waals surface area contributed by atoms with Crippen LogP contribution in [-0.2, 0) is 33.7 Å². The van der Waals surface area contributed by atoms with Gasteiger partial charge in [-0.05, 0) is 103 Å². The Morgan fingerprint density at radius 2 is 1.84 bits per heavy atom. The molecule has 0 atom stereocenters. The second kappa shape index (κ2) is 11.8. The summed E-state index contributed by atoms with van der Waals surface area (Å²) in [5.74, 6) is -0.723. The first kappa shape index (κ1) is 27.3. The number of likely N-dealkylation sites (tertiary alicyclic amines) is 1. The molecule has 0 saturated carbocycles. The van der Waals surface area contributed by atoms with Crippen LogP contribution in [0, 0.1) is 5.92 Å². The number of hydrogen-bond donors (Lipinski definition) is 1. The van der Waals surface area contributed by atoms with E-state index in [0.717, 1.165) is 62.7 Å². The maximum Gasteiger partial charge on any atom is 0.341 e. The van der Waals surface area contributed by atoms with Crippen LogP contribution in [0.15, 0.2) is 24.3 Å². The van der Waals surface area contributed by atoms with Crippen molar-refractivity contribution in [2.45, 2.75) is 78.4 Å². The zero-order chi connectivity index (χ0) is 26.6. The van der Waals surface area contributed by atoms with Gasteiger partial charge in [0, 0.05) is 17.0 Å². The molecule has 2 heterocycles. The summed E-state index contributed by atoms with van der Waals surface area (Å²) >= 11 is 1.50. The standard InChI is InChI=1S/C29H38N2O5S/c1-5-35-27(33)20-13-15-31(16-14-20)18-19-9-8-10-21(17-19)25(32)30-26-24(28(34)36-29(2,3)4)22-11-6-7-12-23(22)37-26/h8-10,17,20H,5-7,11-16,18H2,1-4H3,(H,30,32). The van der Waals surface area contributed by atoms with Crippen molar-refractivity contribution in [3.63, 3.8) is 0 Å². The summed E-state index contributed by atoms with van der Waals surface area (Å²) in [6.07, 6.45) is 5.46. The molecule has 1 fully saturated rings. The molecule has 7 nitrogen and oxygen atoms in total. The number of fused-ring (bicyclic) bond motifs is 1. The highest BCUT2D eigenvalue weighted by Gasteiger charge is 2.30. The fourth-order valence-corrected chi connectivity index (χ4v) is 6.30. The van der Waals surface area contributed by atoms with E-state index >= 15 is 0 Å². The Hall–Kier alpha value is -2.71. The number of benzene rings is 1. The number of piperidine rings is 1. The maximum atomic E-state index is 13.3. The highest BCUT2D eigenvalue weighted by molar-refractivity contribution is 7.17. The van der Waals surface area contributed by atoms with Gasteiger partial charge in [0.15, 0.2) is 0 Å². The zero-order valence-corrected chi connectivity index (χ0v) is 23.2. The molecular weight excluding hydrogens is 488 g/mol. The number of anilines is 1. The summed E-state index contributed by atoms with van der Waals surface area (Å²) in [4.78, 5) is 41.9. The monoisotopic (exact) mass is 526 g/mol. The molecule has 1 amide bonds. The van der Waals surface area contributed by atoms with Crippen molar-refractivity contribution in [3.8, 4) is 0 Å². The molecule has 8 heteroatoms. The number of nitrogens with one attached hydrogen (secondary N) is 1. The quantitative estimate of drug-likeness (QED) is 0.472. The van der Waals surface area contributed by atoms with Crippen LogP contribution in [0.5, 0.6) is 0 Å². The predicted molar refractivity (Wildman–Crippen MR) is 145 cm³/mol. The topological polar surface area (TPSA) is 84.9 Å². The molecule has 0 unspecified atom stereocenters. The lowest BCUT2D eigenvalue weighted by Crippen LogP contribution is -2.36. The van der Waals surface area contributed by atoms with Gasteiger partial charge in [-0.3, -0.25) is 14.5 Å². The minimum atomic E-state index is -0.610. The first-order valence-electron chi connectivity index (χ1n) is 13.3. The van der Waals surface area contributed by atoms with E-state index in [2.05, 4.69) is 10.2 Å². The molecule has 0 spiro atoms. The van der Waals surface area contributed by atoms with E-state index in [1.165, 1.54) is 16.2 Å². The molecule has 1 aromatic carbocycles. The lowest BCUT2D eigenvalue weighted by molar-refractivity contribution is -0.149. The molecule has 2 aromatic rings. The molecule has 0 radical (unpaired) electrons. The van der Waals surface area contributed by atoms with Crippen molar-refractivity contribution >= 4 is 34.2 Å². The second-order valence-electron chi connectivity index (χ2n) is 10.9. The third kappa shape index (κ3) is 6.99. The molecule has 1 aliphatic carbocycles. The van der Waals surface area contributed by atoms with E-state index in [1.54, 1.807) is 6.07 Å². The van der Waals surface area contributed by atoms with E-state index in [9.17, 15) is 14.4 Å². The fraction of sp³-hybridized carbons (Fsp3) is 0.552. The Morgan fingerprint density at radius 3 is 2.54 bits per heavy atom. The second-order valence-corrected chi connectivity index (χ2v) is 12.0. The molecule has 1 saturated heterocycles. The maximum absolute atomic E-state index is 13.3. The molecule has 0 bridgehead atoms. The van der Waals surface area contributed by atoms with Crippen LogP contribution >= 0.6 is 11.3 Å². The Balaban J connectivity index is 1.44.